The second-order valence-electron chi connectivity index (χ2n) is 8.01. The van der Waals surface area contributed by atoms with Gasteiger partial charge in [-0.1, -0.05) is 48.5 Å². The van der Waals surface area contributed by atoms with Crippen LogP contribution < -0.4 is 5.32 Å². The Morgan fingerprint density at radius 3 is 2.40 bits per heavy atom. The third-order valence-corrected chi connectivity index (χ3v) is 5.72. The van der Waals surface area contributed by atoms with E-state index >= 15 is 0 Å². The van der Waals surface area contributed by atoms with Crippen LogP contribution in [0, 0.1) is 6.92 Å². The van der Waals surface area contributed by atoms with Crippen molar-refractivity contribution in [2.75, 3.05) is 0 Å². The molecule has 0 aliphatic heterocycles. The summed E-state index contributed by atoms with van der Waals surface area (Å²) >= 11 is 0. The zero-order valence-electron chi connectivity index (χ0n) is 17.2. The lowest BCUT2D eigenvalue weighted by molar-refractivity contribution is 0.0941. The van der Waals surface area contributed by atoms with Gasteiger partial charge in [-0.2, -0.15) is 5.10 Å². The lowest BCUT2D eigenvalue weighted by Crippen LogP contribution is -2.27. The van der Waals surface area contributed by atoms with Crippen LogP contribution in [0.1, 0.15) is 59.0 Å². The van der Waals surface area contributed by atoms with E-state index < -0.39 is 0 Å². The SMILES string of the molecule is Cc1nn(-c2ccccc2)c2nc(C3CC3)cc(C(=O)N[C@@H](C)c3ccccc3)c12. The molecule has 1 N–H and O–H groups in total. The van der Waals surface area contributed by atoms with Crippen LogP contribution in [-0.4, -0.2) is 20.7 Å². The second-order valence-corrected chi connectivity index (χ2v) is 8.01. The van der Waals surface area contributed by atoms with Crippen molar-refractivity contribution in [1.82, 2.24) is 20.1 Å². The summed E-state index contributed by atoms with van der Waals surface area (Å²) in [6.07, 6.45) is 2.25. The zero-order chi connectivity index (χ0) is 20.7. The second kappa shape index (κ2) is 7.41. The van der Waals surface area contributed by atoms with Gasteiger partial charge >= 0.3 is 0 Å². The highest BCUT2D eigenvalue weighted by molar-refractivity contribution is 6.07. The van der Waals surface area contributed by atoms with E-state index in [2.05, 4.69) is 5.32 Å². The van der Waals surface area contributed by atoms with Gasteiger partial charge in [-0.05, 0) is 50.5 Å². The predicted octanol–water partition coefficient (Wildman–Crippen LogP) is 5.10. The highest BCUT2D eigenvalue weighted by atomic mass is 16.1. The maximum atomic E-state index is 13.4. The first kappa shape index (κ1) is 18.6. The van der Waals surface area contributed by atoms with Crippen LogP contribution in [0.2, 0.25) is 0 Å². The Hall–Kier alpha value is -3.47. The maximum absolute atomic E-state index is 13.4. The van der Waals surface area contributed by atoms with Crippen molar-refractivity contribution in [3.05, 3.63) is 89.2 Å². The molecule has 0 radical (unpaired) electrons. The predicted molar refractivity (Wildman–Crippen MR) is 118 cm³/mol. The number of nitrogens with one attached hydrogen (secondary N) is 1. The third-order valence-electron chi connectivity index (χ3n) is 5.72. The Bertz CT molecular complexity index is 1210. The number of pyridine rings is 1. The van der Waals surface area contributed by atoms with E-state index in [9.17, 15) is 4.79 Å². The fourth-order valence-electron chi connectivity index (χ4n) is 3.92. The molecule has 150 valence electrons. The number of carbonyl (C=O) groups excluding carboxylic acids is 1. The highest BCUT2D eigenvalue weighted by Gasteiger charge is 2.29. The van der Waals surface area contributed by atoms with Crippen molar-refractivity contribution in [2.24, 2.45) is 0 Å². The van der Waals surface area contributed by atoms with Crippen molar-refractivity contribution in [2.45, 2.75) is 38.6 Å². The molecular formula is C25H24N4O. The molecule has 2 aromatic carbocycles. The number of hydrogen-bond donors (Lipinski definition) is 1. The van der Waals surface area contributed by atoms with E-state index in [4.69, 9.17) is 10.1 Å². The number of para-hydroxylation sites is 1. The Labute approximate surface area is 175 Å². The number of fused-ring (bicyclic) bond motifs is 1. The molecule has 2 heterocycles. The molecule has 1 aliphatic carbocycles. The highest BCUT2D eigenvalue weighted by Crippen LogP contribution is 2.40. The van der Waals surface area contributed by atoms with Crippen LogP contribution in [-0.2, 0) is 0 Å². The standard InChI is InChI=1S/C25H24N4O/c1-16(18-9-5-3-6-10-18)26-25(30)21-15-22(19-13-14-19)27-24-23(21)17(2)28-29(24)20-11-7-4-8-12-20/h3-12,15-16,19H,13-14H2,1-2H3,(H,26,30)/t16-/m0/s1. The molecule has 0 spiro atoms. The number of benzene rings is 2. The summed E-state index contributed by atoms with van der Waals surface area (Å²) in [5, 5.41) is 8.72. The molecule has 1 aliphatic rings. The largest absolute Gasteiger partial charge is 0.345 e. The first-order chi connectivity index (χ1) is 14.6. The van der Waals surface area contributed by atoms with Gasteiger partial charge in [0.15, 0.2) is 5.65 Å². The molecule has 1 fully saturated rings. The van der Waals surface area contributed by atoms with Crippen LogP contribution in [0.25, 0.3) is 16.7 Å². The lowest BCUT2D eigenvalue weighted by atomic mass is 10.0. The normalized spacial score (nSPS) is 14.6. The van der Waals surface area contributed by atoms with Crippen LogP contribution >= 0.6 is 0 Å². The molecule has 1 saturated carbocycles. The van der Waals surface area contributed by atoms with Crippen LogP contribution in [0.4, 0.5) is 0 Å². The lowest BCUT2D eigenvalue weighted by Gasteiger charge is -2.15. The van der Waals surface area contributed by atoms with Gasteiger partial charge in [0.2, 0.25) is 0 Å². The molecule has 0 unspecified atom stereocenters. The summed E-state index contributed by atoms with van der Waals surface area (Å²) in [5.74, 6) is 0.350. The molecule has 30 heavy (non-hydrogen) atoms. The van der Waals surface area contributed by atoms with Gasteiger partial charge in [0.1, 0.15) is 0 Å². The third kappa shape index (κ3) is 3.36. The molecule has 0 bridgehead atoms. The van der Waals surface area contributed by atoms with Gasteiger partial charge in [-0.3, -0.25) is 4.79 Å². The number of amides is 1. The van der Waals surface area contributed by atoms with Gasteiger partial charge in [0.05, 0.1) is 28.4 Å². The molecule has 1 atom stereocenters. The van der Waals surface area contributed by atoms with E-state index in [0.717, 1.165) is 46.5 Å². The molecule has 2 aromatic heterocycles. The Morgan fingerprint density at radius 1 is 1.07 bits per heavy atom. The molecule has 5 rings (SSSR count). The topological polar surface area (TPSA) is 59.8 Å². The van der Waals surface area contributed by atoms with E-state index in [1.165, 1.54) is 0 Å². The van der Waals surface area contributed by atoms with Crippen molar-refractivity contribution in [3.8, 4) is 5.69 Å². The van der Waals surface area contributed by atoms with E-state index in [-0.39, 0.29) is 11.9 Å². The number of nitrogens with zero attached hydrogens (tertiary/aromatic N) is 3. The van der Waals surface area contributed by atoms with Crippen molar-refractivity contribution in [1.29, 1.82) is 0 Å². The van der Waals surface area contributed by atoms with Crippen molar-refractivity contribution in [3.63, 3.8) is 0 Å². The number of carbonyl (C=O) groups is 1. The Kier molecular flexibility index (Phi) is 4.58. The molecule has 0 saturated heterocycles. The average molecular weight is 396 g/mol. The summed E-state index contributed by atoms with van der Waals surface area (Å²) < 4.78 is 1.86. The Balaban J connectivity index is 1.60. The number of aryl methyl sites for hydroxylation is 1. The summed E-state index contributed by atoms with van der Waals surface area (Å²) in [7, 11) is 0. The minimum atomic E-state index is -0.0873. The summed E-state index contributed by atoms with van der Waals surface area (Å²) in [4.78, 5) is 18.3. The Morgan fingerprint density at radius 2 is 1.73 bits per heavy atom. The zero-order valence-corrected chi connectivity index (χ0v) is 17.2. The van der Waals surface area contributed by atoms with Gasteiger partial charge in [0, 0.05) is 11.6 Å². The number of hydrogen-bond acceptors (Lipinski definition) is 3. The van der Waals surface area contributed by atoms with Crippen molar-refractivity contribution >= 4 is 16.9 Å². The van der Waals surface area contributed by atoms with Crippen LogP contribution in [0.5, 0.6) is 0 Å². The van der Waals surface area contributed by atoms with Crippen LogP contribution in [0.3, 0.4) is 0 Å². The molecule has 5 heteroatoms. The molecular weight excluding hydrogens is 372 g/mol. The average Bonchev–Trinajstić information content (AvgIpc) is 3.58. The van der Waals surface area contributed by atoms with E-state index in [1.54, 1.807) is 0 Å². The van der Waals surface area contributed by atoms with Crippen molar-refractivity contribution < 1.29 is 4.79 Å². The van der Waals surface area contributed by atoms with Gasteiger partial charge in [-0.25, -0.2) is 9.67 Å². The number of aromatic nitrogens is 3. The summed E-state index contributed by atoms with van der Waals surface area (Å²) in [6.45, 7) is 3.95. The van der Waals surface area contributed by atoms with E-state index in [0.29, 0.717) is 11.5 Å². The summed E-state index contributed by atoms with van der Waals surface area (Å²) in [6, 6.07) is 21.9. The van der Waals surface area contributed by atoms with Gasteiger partial charge in [0.25, 0.3) is 5.91 Å². The maximum Gasteiger partial charge on any atom is 0.252 e. The van der Waals surface area contributed by atoms with Gasteiger partial charge < -0.3 is 5.32 Å². The smallest absolute Gasteiger partial charge is 0.252 e. The monoisotopic (exact) mass is 396 g/mol. The summed E-state index contributed by atoms with van der Waals surface area (Å²) in [5.41, 5.74) is 5.22. The minimum Gasteiger partial charge on any atom is -0.345 e. The first-order valence-electron chi connectivity index (χ1n) is 10.4. The van der Waals surface area contributed by atoms with Crippen LogP contribution in [0.15, 0.2) is 66.7 Å². The fourth-order valence-corrected chi connectivity index (χ4v) is 3.92. The quantitative estimate of drug-likeness (QED) is 0.511. The van der Waals surface area contributed by atoms with E-state index in [1.807, 2.05) is 85.3 Å². The minimum absolute atomic E-state index is 0.0867. The molecule has 4 aromatic rings. The number of rotatable bonds is 5. The molecule has 5 nitrogen and oxygen atoms in total. The van der Waals surface area contributed by atoms with Gasteiger partial charge in [-0.15, -0.1) is 0 Å². The molecule has 1 amide bonds. The fraction of sp³-hybridized carbons (Fsp3) is 0.240. The first-order valence-corrected chi connectivity index (χ1v) is 10.4.